The van der Waals surface area contributed by atoms with Gasteiger partial charge in [-0.1, -0.05) is 0 Å². The van der Waals surface area contributed by atoms with Gasteiger partial charge < -0.3 is 17.0 Å². The lowest BCUT2D eigenvalue weighted by Crippen LogP contribution is -3.00. The van der Waals surface area contributed by atoms with Gasteiger partial charge in [-0.15, -0.1) is 0 Å². The molecule has 0 saturated carbocycles. The minimum absolute atomic E-state index is 0. The van der Waals surface area contributed by atoms with Gasteiger partial charge in [-0.05, 0) is 22.0 Å². The van der Waals surface area contributed by atoms with E-state index in [1.807, 2.05) is 0 Å². The van der Waals surface area contributed by atoms with Crippen molar-refractivity contribution < 1.29 is 42.9 Å². The molecule has 0 fully saturated rings. The fraction of sp³-hybridized carbons (Fsp3) is 0. The van der Waals surface area contributed by atoms with Gasteiger partial charge in [-0.2, -0.15) is 16.8 Å². The van der Waals surface area contributed by atoms with E-state index in [0.717, 1.165) is 12.1 Å². The van der Waals surface area contributed by atoms with Crippen LogP contribution in [-0.2, 0) is 20.2 Å². The lowest BCUT2D eigenvalue weighted by molar-refractivity contribution is -0.0000117. The highest BCUT2D eigenvalue weighted by Gasteiger charge is 2.35. The molecule has 0 radical (unpaired) electrons. The van der Waals surface area contributed by atoms with Crippen LogP contribution < -0.4 is 17.0 Å². The summed E-state index contributed by atoms with van der Waals surface area (Å²) in [6.07, 6.45) is 0. The van der Waals surface area contributed by atoms with Crippen molar-refractivity contribution in [1.82, 2.24) is 0 Å². The van der Waals surface area contributed by atoms with E-state index in [2.05, 4.69) is 20.9 Å². The van der Waals surface area contributed by atoms with Crippen molar-refractivity contribution in [3.8, 4) is 0 Å². The lowest BCUT2D eigenvalue weighted by Gasteiger charge is -2.03. The predicted molar refractivity (Wildman–Crippen MR) is 58.5 cm³/mol. The molecule has 0 heterocycles. The Balaban J connectivity index is 0.00000289. The van der Waals surface area contributed by atoms with Crippen LogP contribution >= 0.6 is 15.9 Å². The molecular weight excluding hydrogens is 420 g/mol. The molecule has 0 aliphatic rings. The Morgan fingerprint density at radius 1 is 1.06 bits per heavy atom. The minimum atomic E-state index is -5.00. The first-order valence-corrected chi connectivity index (χ1v) is 7.39. The minimum Gasteiger partial charge on any atom is -1.00 e. The molecule has 100 valence electrons. The van der Waals surface area contributed by atoms with Crippen molar-refractivity contribution in [3.05, 3.63) is 21.6 Å². The molecule has 8 nitrogen and oxygen atoms in total. The molecule has 1 aromatic carbocycles. The maximum absolute atomic E-state index is 11.0. The first-order valence-electron chi connectivity index (χ1n) is 3.71. The number of hydrogen-bond acceptors (Lipinski definition) is 5. The fourth-order valence-corrected chi connectivity index (χ4v) is 4.17. The van der Waals surface area contributed by atoms with Crippen LogP contribution in [-0.4, -0.2) is 25.9 Å². The average molecular weight is 424 g/mol. The Hall–Kier alpha value is -0.580. The largest absolute Gasteiger partial charge is 1.00 e. The van der Waals surface area contributed by atoms with Gasteiger partial charge in [-0.25, -0.2) is 0 Å². The van der Waals surface area contributed by atoms with Crippen molar-refractivity contribution in [2.45, 2.75) is 9.79 Å². The van der Waals surface area contributed by atoms with Crippen LogP contribution in [0.4, 0.5) is 5.69 Å². The van der Waals surface area contributed by atoms with Gasteiger partial charge in [0.25, 0.3) is 10.1 Å². The van der Waals surface area contributed by atoms with Gasteiger partial charge in [0.05, 0.1) is 0 Å². The molecule has 1 rings (SSSR count). The van der Waals surface area contributed by atoms with E-state index in [1.54, 1.807) is 0 Å². The highest BCUT2D eigenvalue weighted by Crippen LogP contribution is 2.36. The van der Waals surface area contributed by atoms with Crippen molar-refractivity contribution >= 4 is 41.9 Å². The van der Waals surface area contributed by atoms with E-state index in [-0.39, 0.29) is 21.5 Å². The Morgan fingerprint density at radius 2 is 1.50 bits per heavy atom. The Labute approximate surface area is 121 Å². The number of diazo groups is 1. The molecule has 0 unspecified atom stereocenters. The standard InChI is InChI=1S/C6H3BrN2O6S2.BrH/c7-3-1-2-4(9-8)6(17(13,14)15)5(3)16(10,11)12;/h1-2H,(H-,10,11,12,13,14,15);1H. The summed E-state index contributed by atoms with van der Waals surface area (Å²) in [5.41, 5.74) is -0.719. The maximum atomic E-state index is 11.0. The zero-order chi connectivity index (χ0) is 13.4. The van der Waals surface area contributed by atoms with Gasteiger partial charge >= 0.3 is 15.8 Å². The molecule has 0 aliphatic carbocycles. The number of nitrogens with zero attached hydrogens (tertiary/aromatic N) is 2. The Bertz CT molecular complexity index is 721. The number of hydrogen-bond donors (Lipinski definition) is 2. The number of rotatable bonds is 2. The molecule has 0 saturated heterocycles. The summed E-state index contributed by atoms with van der Waals surface area (Å²) < 4.78 is 61.5. The molecule has 0 atom stereocenters. The lowest BCUT2D eigenvalue weighted by atomic mass is 10.3. The molecule has 0 aromatic heterocycles. The van der Waals surface area contributed by atoms with Crippen molar-refractivity contribution in [3.63, 3.8) is 0 Å². The number of halogens is 2. The summed E-state index contributed by atoms with van der Waals surface area (Å²) in [6.45, 7) is 0. The van der Waals surface area contributed by atoms with Crippen molar-refractivity contribution in [2.75, 3.05) is 0 Å². The zero-order valence-corrected chi connectivity index (χ0v) is 13.0. The summed E-state index contributed by atoms with van der Waals surface area (Å²) >= 11 is 2.70. The summed E-state index contributed by atoms with van der Waals surface area (Å²) in [5, 5.41) is 8.52. The molecule has 18 heavy (non-hydrogen) atoms. The average Bonchev–Trinajstić information content (AvgIpc) is 2.13. The van der Waals surface area contributed by atoms with E-state index in [9.17, 15) is 16.8 Å². The third kappa shape index (κ3) is 3.46. The van der Waals surface area contributed by atoms with E-state index in [1.165, 1.54) is 0 Å². The van der Waals surface area contributed by atoms with Crippen molar-refractivity contribution in [2.24, 2.45) is 0 Å². The first-order chi connectivity index (χ1) is 7.59. The third-order valence-corrected chi connectivity index (χ3v) is 4.59. The van der Waals surface area contributed by atoms with Crippen LogP contribution in [0.2, 0.25) is 0 Å². The van der Waals surface area contributed by atoms with Crippen LogP contribution in [0, 0.1) is 5.39 Å². The highest BCUT2D eigenvalue weighted by molar-refractivity contribution is 9.10. The molecule has 12 heteroatoms. The highest BCUT2D eigenvalue weighted by atomic mass is 79.9. The molecule has 2 N–H and O–H groups in total. The van der Waals surface area contributed by atoms with Gasteiger partial charge in [0.15, 0.2) is 4.98 Å². The first kappa shape index (κ1) is 17.4. The quantitative estimate of drug-likeness (QED) is 0.433. The normalized spacial score (nSPS) is 11.4. The monoisotopic (exact) mass is 422 g/mol. The third-order valence-electron chi connectivity index (χ3n) is 1.67. The number of benzene rings is 1. The van der Waals surface area contributed by atoms with Gasteiger partial charge in [0, 0.05) is 10.5 Å². The summed E-state index contributed by atoms with van der Waals surface area (Å²) in [5.74, 6) is 0. The smallest absolute Gasteiger partial charge is 0.407 e. The van der Waals surface area contributed by atoms with Crippen LogP contribution in [0.25, 0.3) is 4.98 Å². The topological polar surface area (TPSA) is 137 Å². The Kier molecular flexibility index (Phi) is 5.41. The molecule has 0 amide bonds. The van der Waals surface area contributed by atoms with Crippen LogP contribution in [0.1, 0.15) is 0 Å². The molecule has 0 spiro atoms. The zero-order valence-electron chi connectivity index (χ0n) is 8.15. The summed E-state index contributed by atoms with van der Waals surface area (Å²) in [4.78, 5) is 0.204. The second kappa shape index (κ2) is 5.59. The van der Waals surface area contributed by atoms with Crippen molar-refractivity contribution in [1.29, 1.82) is 5.39 Å². The van der Waals surface area contributed by atoms with Crippen LogP contribution in [0.5, 0.6) is 0 Å². The van der Waals surface area contributed by atoms with Gasteiger partial charge in [0.1, 0.15) is 4.90 Å². The molecule has 0 aliphatic heterocycles. The van der Waals surface area contributed by atoms with Crippen LogP contribution in [0.15, 0.2) is 26.4 Å². The fourth-order valence-electron chi connectivity index (χ4n) is 1.10. The van der Waals surface area contributed by atoms with E-state index in [0.29, 0.717) is 0 Å². The SMILES string of the molecule is N#[N+]c1ccc(Br)c(S(=O)(=O)O)c1S(=O)(=O)O.[Br-]. The Morgan fingerprint density at radius 3 is 1.83 bits per heavy atom. The van der Waals surface area contributed by atoms with E-state index >= 15 is 0 Å². The second-order valence-electron chi connectivity index (χ2n) is 2.77. The molecule has 0 bridgehead atoms. The predicted octanol–water partition coefficient (Wildman–Crippen LogP) is -1.57. The molecular formula is C6H4Br2N2O6S2. The van der Waals surface area contributed by atoms with E-state index < -0.39 is 35.7 Å². The summed E-state index contributed by atoms with van der Waals surface area (Å²) in [7, 11) is -9.94. The van der Waals surface area contributed by atoms with E-state index in [4.69, 9.17) is 14.5 Å². The maximum Gasteiger partial charge on any atom is 0.407 e. The van der Waals surface area contributed by atoms with Gasteiger partial charge in [0.2, 0.25) is 10.3 Å². The summed E-state index contributed by atoms with van der Waals surface area (Å²) in [6, 6.07) is 1.97. The van der Waals surface area contributed by atoms with Gasteiger partial charge in [-0.3, -0.25) is 9.11 Å². The molecule has 1 aromatic rings. The van der Waals surface area contributed by atoms with Crippen LogP contribution in [0.3, 0.4) is 0 Å². The second-order valence-corrected chi connectivity index (χ2v) is 6.35.